The Kier molecular flexibility index (Phi) is 3.92. The average molecular weight is 189 g/mol. The van der Waals surface area contributed by atoms with Gasteiger partial charge in [0, 0.05) is 7.12 Å². The van der Waals surface area contributed by atoms with Crippen LogP contribution in [0.4, 0.5) is 0 Å². The molecule has 5 nitrogen and oxygen atoms in total. The normalized spacial score (nSPS) is 11.7. The van der Waals surface area contributed by atoms with Crippen molar-refractivity contribution >= 4 is 29.4 Å². The van der Waals surface area contributed by atoms with Gasteiger partial charge in [-0.05, 0) is 0 Å². The van der Waals surface area contributed by atoms with Crippen LogP contribution in [0.5, 0.6) is 0 Å². The first kappa shape index (κ1) is 10.6. The summed E-state index contributed by atoms with van der Waals surface area (Å²) in [5.41, 5.74) is 15.2. The molecule has 0 saturated heterocycles. The van der Waals surface area contributed by atoms with Gasteiger partial charge in [0.15, 0.2) is 6.29 Å². The average Bonchev–Trinajstić information content (AvgIpc) is 1.85. The maximum absolute atomic E-state index is 10.4. The van der Waals surface area contributed by atoms with Gasteiger partial charge in [-0.25, -0.2) is 0 Å². The summed E-state index contributed by atoms with van der Waals surface area (Å²) in [5.74, 6) is -0.636. The van der Waals surface area contributed by atoms with Crippen LogP contribution < -0.4 is 17.2 Å². The SMILES string of the molecule is NC(=O)C/C(N)=C(\C=O)C(N)=S.[HH]. The van der Waals surface area contributed by atoms with E-state index in [0.29, 0.717) is 6.29 Å². The van der Waals surface area contributed by atoms with E-state index in [9.17, 15) is 9.59 Å². The molecule has 0 radical (unpaired) electrons. The molecule has 0 aliphatic carbocycles. The zero-order valence-electron chi connectivity index (χ0n) is 6.24. The molecule has 0 atom stereocenters. The fraction of sp³-hybridized carbons (Fsp3) is 0.167. The Morgan fingerprint density at radius 1 is 1.42 bits per heavy atom. The van der Waals surface area contributed by atoms with Crippen LogP contribution in [0.1, 0.15) is 7.85 Å². The topological polar surface area (TPSA) is 112 Å². The van der Waals surface area contributed by atoms with Crippen LogP contribution in [0, 0.1) is 0 Å². The molecular formula is C6H11N3O2S. The summed E-state index contributed by atoms with van der Waals surface area (Å²) in [6.07, 6.45) is 0.187. The molecule has 68 valence electrons. The summed E-state index contributed by atoms with van der Waals surface area (Å²) in [5, 5.41) is 0. The highest BCUT2D eigenvalue weighted by Gasteiger charge is 2.07. The largest absolute Gasteiger partial charge is 0.401 e. The molecule has 6 N–H and O–H groups in total. The Bertz CT molecular complexity index is 265. The van der Waals surface area contributed by atoms with Crippen LogP contribution in [0.2, 0.25) is 0 Å². The van der Waals surface area contributed by atoms with E-state index in [1.165, 1.54) is 0 Å². The fourth-order valence-electron chi connectivity index (χ4n) is 0.575. The van der Waals surface area contributed by atoms with Gasteiger partial charge in [0.2, 0.25) is 5.91 Å². The van der Waals surface area contributed by atoms with Crippen LogP contribution in [-0.4, -0.2) is 17.2 Å². The number of hydrogen-bond donors (Lipinski definition) is 3. The highest BCUT2D eigenvalue weighted by atomic mass is 32.1. The first-order valence-electron chi connectivity index (χ1n) is 3.01. The van der Waals surface area contributed by atoms with Crippen LogP contribution in [-0.2, 0) is 9.59 Å². The standard InChI is InChI=1S/C6H9N3O2S.H2/c7-4(1-5(8)11)3(2-10)6(9)12;/h2H,1,7H2,(H2,8,11)(H2,9,12);1H/b4-3-;. The van der Waals surface area contributed by atoms with Crippen LogP contribution in [0.15, 0.2) is 11.3 Å². The van der Waals surface area contributed by atoms with Crippen molar-refractivity contribution in [3.05, 3.63) is 11.3 Å². The molecule has 0 saturated carbocycles. The van der Waals surface area contributed by atoms with E-state index < -0.39 is 5.91 Å². The van der Waals surface area contributed by atoms with E-state index in [1.54, 1.807) is 0 Å². The Hall–Kier alpha value is -1.43. The quantitative estimate of drug-likeness (QED) is 0.292. The van der Waals surface area contributed by atoms with Crippen molar-refractivity contribution < 1.29 is 11.0 Å². The first-order valence-corrected chi connectivity index (χ1v) is 3.41. The number of hydrogen-bond acceptors (Lipinski definition) is 4. The molecule has 0 bridgehead atoms. The molecule has 0 aliphatic heterocycles. The Morgan fingerprint density at radius 3 is 2.17 bits per heavy atom. The number of carbonyl (C=O) groups is 2. The van der Waals surface area contributed by atoms with Gasteiger partial charge in [0.25, 0.3) is 0 Å². The van der Waals surface area contributed by atoms with E-state index in [0.717, 1.165) is 0 Å². The lowest BCUT2D eigenvalue weighted by molar-refractivity contribution is -0.117. The predicted octanol–water partition coefficient (Wildman–Crippen LogP) is -1.19. The molecule has 1 amide bonds. The second-order valence-corrected chi connectivity index (χ2v) is 2.50. The van der Waals surface area contributed by atoms with Crippen molar-refractivity contribution in [1.82, 2.24) is 0 Å². The highest BCUT2D eigenvalue weighted by Crippen LogP contribution is 2.00. The summed E-state index contributed by atoms with van der Waals surface area (Å²) in [6, 6.07) is 0. The molecule has 0 heterocycles. The second kappa shape index (κ2) is 4.45. The summed E-state index contributed by atoms with van der Waals surface area (Å²) < 4.78 is 0. The number of carbonyl (C=O) groups excluding carboxylic acids is 2. The van der Waals surface area contributed by atoms with Gasteiger partial charge in [-0.15, -0.1) is 0 Å². The molecule has 0 aromatic carbocycles. The van der Waals surface area contributed by atoms with E-state index >= 15 is 0 Å². The fourth-order valence-corrected chi connectivity index (χ4v) is 0.754. The number of aldehydes is 1. The molecule has 0 aromatic rings. The van der Waals surface area contributed by atoms with Crippen molar-refractivity contribution in [2.24, 2.45) is 17.2 Å². The zero-order chi connectivity index (χ0) is 9.72. The third-order valence-corrected chi connectivity index (χ3v) is 1.31. The van der Waals surface area contributed by atoms with E-state index in [2.05, 4.69) is 12.2 Å². The number of thiocarbonyl (C=S) groups is 1. The minimum Gasteiger partial charge on any atom is -0.401 e. The Balaban J connectivity index is 0. The lowest BCUT2D eigenvalue weighted by Crippen LogP contribution is -2.22. The van der Waals surface area contributed by atoms with Gasteiger partial charge in [-0.1, -0.05) is 12.2 Å². The lowest BCUT2D eigenvalue weighted by Gasteiger charge is -2.01. The minimum absolute atomic E-state index is 0. The molecule has 0 aliphatic rings. The van der Waals surface area contributed by atoms with Gasteiger partial charge in [0.05, 0.1) is 12.0 Å². The summed E-state index contributed by atoms with van der Waals surface area (Å²) >= 11 is 4.50. The Labute approximate surface area is 76.1 Å². The van der Waals surface area contributed by atoms with E-state index in [4.69, 9.17) is 17.2 Å². The van der Waals surface area contributed by atoms with Crippen molar-refractivity contribution in [3.63, 3.8) is 0 Å². The van der Waals surface area contributed by atoms with Gasteiger partial charge in [0.1, 0.15) is 4.99 Å². The van der Waals surface area contributed by atoms with Crippen LogP contribution in [0.25, 0.3) is 0 Å². The molecule has 6 heteroatoms. The van der Waals surface area contributed by atoms with Crippen molar-refractivity contribution in [3.8, 4) is 0 Å². The number of primary amides is 1. The van der Waals surface area contributed by atoms with Crippen LogP contribution >= 0.6 is 12.2 Å². The molecule has 0 fully saturated rings. The summed E-state index contributed by atoms with van der Waals surface area (Å²) in [4.78, 5) is 20.5. The predicted molar refractivity (Wildman–Crippen MR) is 50.0 cm³/mol. The molecule has 0 rings (SSSR count). The van der Waals surface area contributed by atoms with E-state index in [1.807, 2.05) is 0 Å². The minimum atomic E-state index is -0.636. The van der Waals surface area contributed by atoms with Crippen molar-refractivity contribution in [2.75, 3.05) is 0 Å². The number of amides is 1. The molecule has 0 unspecified atom stereocenters. The van der Waals surface area contributed by atoms with Gasteiger partial charge < -0.3 is 17.2 Å². The van der Waals surface area contributed by atoms with Crippen molar-refractivity contribution in [1.29, 1.82) is 0 Å². The number of rotatable bonds is 4. The summed E-state index contributed by atoms with van der Waals surface area (Å²) in [6.45, 7) is 0. The van der Waals surface area contributed by atoms with Crippen LogP contribution in [0.3, 0.4) is 0 Å². The Morgan fingerprint density at radius 2 is 1.92 bits per heavy atom. The summed E-state index contributed by atoms with van der Waals surface area (Å²) in [7, 11) is 0. The monoisotopic (exact) mass is 189 g/mol. The van der Waals surface area contributed by atoms with Gasteiger partial charge in [-0.2, -0.15) is 0 Å². The zero-order valence-corrected chi connectivity index (χ0v) is 7.06. The van der Waals surface area contributed by atoms with Crippen molar-refractivity contribution in [2.45, 2.75) is 6.42 Å². The molecule has 12 heavy (non-hydrogen) atoms. The smallest absolute Gasteiger partial charge is 0.223 e. The third kappa shape index (κ3) is 3.11. The maximum atomic E-state index is 10.4. The van der Waals surface area contributed by atoms with E-state index in [-0.39, 0.29) is 24.1 Å². The molecular weight excluding hydrogens is 178 g/mol. The second-order valence-electron chi connectivity index (χ2n) is 2.06. The van der Waals surface area contributed by atoms with Gasteiger partial charge in [-0.3, -0.25) is 9.59 Å². The molecule has 0 aromatic heterocycles. The lowest BCUT2D eigenvalue weighted by atomic mass is 10.2. The first-order chi connectivity index (χ1) is 5.49. The third-order valence-electron chi connectivity index (χ3n) is 1.09. The molecule has 0 spiro atoms. The number of nitrogens with two attached hydrogens (primary N) is 3. The highest BCUT2D eigenvalue weighted by molar-refractivity contribution is 7.80. The van der Waals surface area contributed by atoms with Gasteiger partial charge >= 0.3 is 0 Å². The maximum Gasteiger partial charge on any atom is 0.223 e.